The molecule has 0 fully saturated rings. The fourth-order valence-corrected chi connectivity index (χ4v) is 2.13. The fraction of sp³-hybridized carbons (Fsp3) is 0.375. The summed E-state index contributed by atoms with van der Waals surface area (Å²) in [5.41, 5.74) is 4.82. The second-order valence-electron chi connectivity index (χ2n) is 5.46. The third-order valence-electron chi connectivity index (χ3n) is 3.24. The Morgan fingerprint density at radius 1 is 1.25 bits per heavy atom. The lowest BCUT2D eigenvalue weighted by Crippen LogP contribution is -2.26. The van der Waals surface area contributed by atoms with Gasteiger partial charge in [-0.25, -0.2) is 5.10 Å². The zero-order valence-electron chi connectivity index (χ0n) is 12.4. The molecule has 106 valence electrons. The average Bonchev–Trinajstić information content (AvgIpc) is 2.38. The smallest absolute Gasteiger partial charge is 0.268 e. The molecule has 0 aliphatic carbocycles. The van der Waals surface area contributed by atoms with Crippen LogP contribution in [0.4, 0.5) is 0 Å². The third-order valence-corrected chi connectivity index (χ3v) is 3.24. The molecule has 0 radical (unpaired) electrons. The second-order valence-corrected chi connectivity index (χ2v) is 5.46. The first-order valence-corrected chi connectivity index (χ1v) is 6.87. The Morgan fingerprint density at radius 2 is 2.00 bits per heavy atom. The largest absolute Gasteiger partial charge is 0.310 e. The first-order chi connectivity index (χ1) is 9.47. The van der Waals surface area contributed by atoms with Crippen LogP contribution in [-0.4, -0.2) is 16.2 Å². The highest BCUT2D eigenvalue weighted by Crippen LogP contribution is 2.21. The lowest BCUT2D eigenvalue weighted by molar-refractivity contribution is 0.585. The molecule has 1 aromatic carbocycles. The van der Waals surface area contributed by atoms with E-state index in [1.54, 1.807) is 0 Å². The van der Waals surface area contributed by atoms with Crippen LogP contribution in [0.5, 0.6) is 0 Å². The number of rotatable bonds is 4. The van der Waals surface area contributed by atoms with Gasteiger partial charge >= 0.3 is 0 Å². The maximum Gasteiger partial charge on any atom is 0.268 e. The van der Waals surface area contributed by atoms with Gasteiger partial charge in [0.05, 0.1) is 5.69 Å². The molecular weight excluding hydrogens is 250 g/mol. The zero-order chi connectivity index (χ0) is 14.7. The number of nitrogens with zero attached hydrogens (tertiary/aromatic N) is 1. The summed E-state index contributed by atoms with van der Waals surface area (Å²) in [4.78, 5) is 11.8. The molecule has 0 unspecified atom stereocenters. The van der Waals surface area contributed by atoms with Crippen molar-refractivity contribution in [2.24, 2.45) is 0 Å². The summed E-state index contributed by atoms with van der Waals surface area (Å²) in [6.45, 7) is 8.78. The molecule has 0 spiro atoms. The van der Waals surface area contributed by atoms with Gasteiger partial charge in [0.15, 0.2) is 0 Å². The molecule has 1 aromatic heterocycles. The van der Waals surface area contributed by atoms with Crippen LogP contribution in [0.3, 0.4) is 0 Å². The SMILES string of the molecule is Cc1ccc(-c2cc(CNC(C)C)c(=O)[nH]n2)c(C)c1. The van der Waals surface area contributed by atoms with Crippen molar-refractivity contribution in [2.45, 2.75) is 40.3 Å². The molecule has 0 atom stereocenters. The lowest BCUT2D eigenvalue weighted by atomic mass is 10.0. The third kappa shape index (κ3) is 3.33. The predicted molar refractivity (Wildman–Crippen MR) is 81.7 cm³/mol. The average molecular weight is 271 g/mol. The minimum absolute atomic E-state index is 0.133. The van der Waals surface area contributed by atoms with Gasteiger partial charge in [0.25, 0.3) is 5.56 Å². The van der Waals surface area contributed by atoms with Gasteiger partial charge < -0.3 is 5.32 Å². The van der Waals surface area contributed by atoms with Crippen molar-refractivity contribution in [3.63, 3.8) is 0 Å². The molecule has 20 heavy (non-hydrogen) atoms. The number of benzene rings is 1. The van der Waals surface area contributed by atoms with Gasteiger partial charge in [-0.15, -0.1) is 0 Å². The number of H-pyrrole nitrogens is 1. The molecule has 0 amide bonds. The van der Waals surface area contributed by atoms with Crippen LogP contribution in [0, 0.1) is 13.8 Å². The van der Waals surface area contributed by atoms with E-state index in [1.165, 1.54) is 5.56 Å². The summed E-state index contributed by atoms with van der Waals surface area (Å²) in [7, 11) is 0. The number of hydrogen-bond acceptors (Lipinski definition) is 3. The van der Waals surface area contributed by atoms with Crippen LogP contribution in [0.1, 0.15) is 30.5 Å². The highest BCUT2D eigenvalue weighted by Gasteiger charge is 2.08. The highest BCUT2D eigenvalue weighted by molar-refractivity contribution is 5.63. The number of nitrogens with one attached hydrogen (secondary N) is 2. The van der Waals surface area contributed by atoms with Crippen molar-refractivity contribution in [1.82, 2.24) is 15.5 Å². The van der Waals surface area contributed by atoms with Crippen molar-refractivity contribution < 1.29 is 0 Å². The van der Waals surface area contributed by atoms with E-state index >= 15 is 0 Å². The van der Waals surface area contributed by atoms with Crippen molar-refractivity contribution in [3.8, 4) is 11.3 Å². The van der Waals surface area contributed by atoms with Crippen LogP contribution < -0.4 is 10.9 Å². The molecule has 0 saturated heterocycles. The van der Waals surface area contributed by atoms with Crippen molar-refractivity contribution in [3.05, 3.63) is 51.3 Å². The molecule has 4 heteroatoms. The molecule has 2 rings (SSSR count). The minimum atomic E-state index is -0.133. The van der Waals surface area contributed by atoms with E-state index in [1.807, 2.05) is 12.1 Å². The summed E-state index contributed by atoms with van der Waals surface area (Å²) in [5, 5.41) is 10.0. The number of hydrogen-bond donors (Lipinski definition) is 2. The summed E-state index contributed by atoms with van der Waals surface area (Å²) >= 11 is 0. The van der Waals surface area contributed by atoms with E-state index in [9.17, 15) is 4.79 Å². The van der Waals surface area contributed by atoms with Crippen molar-refractivity contribution in [2.75, 3.05) is 0 Å². The number of aromatic nitrogens is 2. The molecule has 4 nitrogen and oxygen atoms in total. The molecule has 2 N–H and O–H groups in total. The van der Waals surface area contributed by atoms with Gasteiger partial charge in [0.1, 0.15) is 0 Å². The molecule has 0 aliphatic rings. The maximum absolute atomic E-state index is 11.8. The monoisotopic (exact) mass is 271 g/mol. The van der Waals surface area contributed by atoms with Crippen LogP contribution in [0.25, 0.3) is 11.3 Å². The van der Waals surface area contributed by atoms with E-state index < -0.39 is 0 Å². The van der Waals surface area contributed by atoms with Gasteiger partial charge in [-0.2, -0.15) is 5.10 Å². The van der Waals surface area contributed by atoms with Crippen molar-refractivity contribution >= 4 is 0 Å². The first-order valence-electron chi connectivity index (χ1n) is 6.87. The van der Waals surface area contributed by atoms with Gasteiger partial charge in [0.2, 0.25) is 0 Å². The Kier molecular flexibility index (Phi) is 4.35. The van der Waals surface area contributed by atoms with Crippen LogP contribution in [0.2, 0.25) is 0 Å². The Bertz CT molecular complexity index is 659. The van der Waals surface area contributed by atoms with E-state index in [2.05, 4.69) is 55.3 Å². The lowest BCUT2D eigenvalue weighted by Gasteiger charge is -2.10. The summed E-state index contributed by atoms with van der Waals surface area (Å²) < 4.78 is 0. The van der Waals surface area contributed by atoms with E-state index in [0.29, 0.717) is 18.2 Å². The Morgan fingerprint density at radius 3 is 2.65 bits per heavy atom. The molecule has 0 saturated carbocycles. The predicted octanol–water partition coefficient (Wildman–Crippen LogP) is 2.55. The van der Waals surface area contributed by atoms with E-state index in [0.717, 1.165) is 16.8 Å². The summed E-state index contributed by atoms with van der Waals surface area (Å²) in [6.07, 6.45) is 0. The van der Waals surface area contributed by atoms with Gasteiger partial charge in [0, 0.05) is 23.7 Å². The highest BCUT2D eigenvalue weighted by atomic mass is 16.1. The molecular formula is C16H21N3O. The van der Waals surface area contributed by atoms with Crippen molar-refractivity contribution in [1.29, 1.82) is 0 Å². The van der Waals surface area contributed by atoms with Gasteiger partial charge in [-0.3, -0.25) is 4.79 Å². The molecule has 1 heterocycles. The quantitative estimate of drug-likeness (QED) is 0.898. The Labute approximate surface area is 119 Å². The first kappa shape index (κ1) is 14.5. The summed E-state index contributed by atoms with van der Waals surface area (Å²) in [6, 6.07) is 8.43. The second kappa shape index (κ2) is 6.01. The molecule has 2 aromatic rings. The number of aryl methyl sites for hydroxylation is 2. The topological polar surface area (TPSA) is 57.8 Å². The van der Waals surface area contributed by atoms with E-state index in [-0.39, 0.29) is 5.56 Å². The van der Waals surface area contributed by atoms with Crippen LogP contribution >= 0.6 is 0 Å². The van der Waals surface area contributed by atoms with E-state index in [4.69, 9.17) is 0 Å². The molecule has 0 aliphatic heterocycles. The Balaban J connectivity index is 2.38. The minimum Gasteiger partial charge on any atom is -0.310 e. The van der Waals surface area contributed by atoms with Crippen LogP contribution in [-0.2, 0) is 6.54 Å². The Hall–Kier alpha value is -1.94. The zero-order valence-corrected chi connectivity index (χ0v) is 12.4. The van der Waals surface area contributed by atoms with Gasteiger partial charge in [-0.1, -0.05) is 37.6 Å². The molecule has 0 bridgehead atoms. The fourth-order valence-electron chi connectivity index (χ4n) is 2.13. The van der Waals surface area contributed by atoms with Gasteiger partial charge in [-0.05, 0) is 25.5 Å². The summed E-state index contributed by atoms with van der Waals surface area (Å²) in [5.74, 6) is 0. The number of aromatic amines is 1. The van der Waals surface area contributed by atoms with Crippen LogP contribution in [0.15, 0.2) is 29.1 Å². The normalized spacial score (nSPS) is 11.1. The maximum atomic E-state index is 11.8. The standard InChI is InChI=1S/C16H21N3O/c1-10(2)17-9-13-8-15(18-19-16(13)20)14-6-5-11(3)7-12(14)4/h5-8,10,17H,9H2,1-4H3,(H,19,20).